The molecule has 0 spiro atoms. The van der Waals surface area contributed by atoms with Gasteiger partial charge in [0.1, 0.15) is 5.01 Å². The van der Waals surface area contributed by atoms with Crippen LogP contribution >= 0.6 is 11.3 Å². The van der Waals surface area contributed by atoms with Crippen LogP contribution in [0.25, 0.3) is 10.6 Å². The molecule has 3 aromatic rings. The van der Waals surface area contributed by atoms with E-state index in [-0.39, 0.29) is 24.1 Å². The van der Waals surface area contributed by atoms with Crippen LogP contribution < -0.4 is 10.6 Å². The van der Waals surface area contributed by atoms with Crippen LogP contribution in [-0.4, -0.2) is 43.0 Å². The van der Waals surface area contributed by atoms with Crippen molar-refractivity contribution in [2.75, 3.05) is 25.1 Å². The third-order valence-corrected chi connectivity index (χ3v) is 7.43. The molecule has 4 rings (SSSR count). The average Bonchev–Trinajstić information content (AvgIpc) is 3.25. The van der Waals surface area contributed by atoms with E-state index in [9.17, 15) is 9.59 Å². The SMILES string of the molecule is COC(=O)Cc1ccccc1N1CCCC(C(N)C(=O)c2sc(-c3ccccc3)nc2C)C1. The minimum atomic E-state index is -0.594. The van der Waals surface area contributed by atoms with Crippen LogP contribution in [0.15, 0.2) is 54.6 Å². The molecule has 0 amide bonds. The van der Waals surface area contributed by atoms with Gasteiger partial charge >= 0.3 is 5.97 Å². The normalized spacial score (nSPS) is 16.9. The number of ketones is 1. The zero-order valence-electron chi connectivity index (χ0n) is 19.0. The minimum Gasteiger partial charge on any atom is -0.469 e. The number of methoxy groups -OCH3 is 1. The second kappa shape index (κ2) is 10.3. The summed E-state index contributed by atoms with van der Waals surface area (Å²) in [7, 11) is 1.40. The highest BCUT2D eigenvalue weighted by Crippen LogP contribution is 2.32. The molecule has 2 N–H and O–H groups in total. The summed E-state index contributed by atoms with van der Waals surface area (Å²) in [5, 5.41) is 0.839. The molecule has 2 aromatic carbocycles. The number of anilines is 1. The molecule has 1 aliphatic heterocycles. The number of carbonyl (C=O) groups excluding carboxylic acids is 2. The first-order valence-corrected chi connectivity index (χ1v) is 12.0. The van der Waals surface area contributed by atoms with Gasteiger partial charge in [-0.05, 0) is 37.3 Å². The summed E-state index contributed by atoms with van der Waals surface area (Å²) in [6.07, 6.45) is 2.06. The number of para-hydroxylation sites is 1. The van der Waals surface area contributed by atoms with Crippen molar-refractivity contribution in [1.82, 2.24) is 4.98 Å². The molecule has 7 heteroatoms. The van der Waals surface area contributed by atoms with Crippen LogP contribution in [0.5, 0.6) is 0 Å². The molecule has 0 aliphatic carbocycles. The first-order chi connectivity index (χ1) is 16.0. The standard InChI is InChI=1S/C26H29N3O3S/c1-17-25(33-26(28-17)18-9-4-3-5-10-18)24(31)23(27)20-12-8-14-29(16-20)21-13-7-6-11-19(21)15-22(30)32-2/h3-7,9-11,13,20,23H,8,12,14-16,27H2,1-2H3. The van der Waals surface area contributed by atoms with E-state index in [2.05, 4.69) is 9.88 Å². The van der Waals surface area contributed by atoms with E-state index in [1.807, 2.05) is 61.5 Å². The van der Waals surface area contributed by atoms with Crippen molar-refractivity contribution in [3.05, 3.63) is 70.7 Å². The topological polar surface area (TPSA) is 85.5 Å². The Bertz CT molecular complexity index is 1130. The molecular formula is C26H29N3O3S. The number of hydrogen-bond acceptors (Lipinski definition) is 7. The van der Waals surface area contributed by atoms with Crippen molar-refractivity contribution in [3.63, 3.8) is 0 Å². The van der Waals surface area contributed by atoms with Crippen molar-refractivity contribution in [2.24, 2.45) is 11.7 Å². The van der Waals surface area contributed by atoms with Gasteiger partial charge < -0.3 is 15.4 Å². The van der Waals surface area contributed by atoms with Crippen molar-refractivity contribution in [2.45, 2.75) is 32.2 Å². The van der Waals surface area contributed by atoms with Gasteiger partial charge in [0.2, 0.25) is 0 Å². The van der Waals surface area contributed by atoms with Gasteiger partial charge in [-0.15, -0.1) is 11.3 Å². The summed E-state index contributed by atoms with van der Waals surface area (Å²) >= 11 is 1.42. The first-order valence-electron chi connectivity index (χ1n) is 11.2. The predicted molar refractivity (Wildman–Crippen MR) is 132 cm³/mol. The summed E-state index contributed by atoms with van der Waals surface area (Å²) in [4.78, 5) is 32.7. The molecule has 2 unspecified atom stereocenters. The summed E-state index contributed by atoms with van der Waals surface area (Å²) in [6, 6.07) is 17.2. The second-order valence-corrected chi connectivity index (χ2v) is 9.42. The van der Waals surface area contributed by atoms with E-state index in [0.29, 0.717) is 11.4 Å². The number of thiazole rings is 1. The number of aryl methyl sites for hydroxylation is 1. The summed E-state index contributed by atoms with van der Waals surface area (Å²) in [6.45, 7) is 3.42. The smallest absolute Gasteiger partial charge is 0.310 e. The van der Waals surface area contributed by atoms with Crippen LogP contribution in [-0.2, 0) is 16.0 Å². The zero-order valence-corrected chi connectivity index (χ0v) is 19.8. The molecule has 1 aromatic heterocycles. The van der Waals surface area contributed by atoms with Crippen molar-refractivity contribution in [1.29, 1.82) is 0 Å². The van der Waals surface area contributed by atoms with Crippen LogP contribution in [0.4, 0.5) is 5.69 Å². The molecule has 2 atom stereocenters. The van der Waals surface area contributed by atoms with Crippen molar-refractivity contribution in [3.8, 4) is 10.6 Å². The molecule has 1 fully saturated rings. The van der Waals surface area contributed by atoms with Gasteiger partial charge in [-0.25, -0.2) is 4.98 Å². The summed E-state index contributed by atoms with van der Waals surface area (Å²) in [5.74, 6) is -0.279. The molecule has 0 bridgehead atoms. The van der Waals surface area contributed by atoms with Crippen LogP contribution in [0, 0.1) is 12.8 Å². The lowest BCUT2D eigenvalue weighted by Gasteiger charge is -2.37. The van der Waals surface area contributed by atoms with Crippen LogP contribution in [0.2, 0.25) is 0 Å². The highest BCUT2D eigenvalue weighted by molar-refractivity contribution is 7.17. The fourth-order valence-corrected chi connectivity index (χ4v) is 5.47. The van der Waals surface area contributed by atoms with E-state index in [4.69, 9.17) is 10.5 Å². The van der Waals surface area contributed by atoms with Crippen LogP contribution in [0.1, 0.15) is 33.8 Å². The fourth-order valence-electron chi connectivity index (χ4n) is 4.41. The predicted octanol–water partition coefficient (Wildman–Crippen LogP) is 4.26. The maximum atomic E-state index is 13.4. The molecule has 33 heavy (non-hydrogen) atoms. The molecule has 0 saturated carbocycles. The molecule has 2 heterocycles. The third kappa shape index (κ3) is 5.15. The monoisotopic (exact) mass is 463 g/mol. The van der Waals surface area contributed by atoms with Gasteiger partial charge in [0.15, 0.2) is 5.78 Å². The Kier molecular flexibility index (Phi) is 7.20. The van der Waals surface area contributed by atoms with Gasteiger partial charge in [-0.1, -0.05) is 48.5 Å². The fraction of sp³-hybridized carbons (Fsp3) is 0.346. The number of Topliss-reactive ketones (excluding diaryl/α,β-unsaturated/α-hetero) is 1. The molecule has 0 radical (unpaired) electrons. The van der Waals surface area contributed by atoms with E-state index >= 15 is 0 Å². The summed E-state index contributed by atoms with van der Waals surface area (Å²) in [5.41, 5.74) is 10.2. The Morgan fingerprint density at radius 2 is 1.91 bits per heavy atom. The summed E-state index contributed by atoms with van der Waals surface area (Å²) < 4.78 is 4.85. The Morgan fingerprint density at radius 1 is 1.18 bits per heavy atom. The quantitative estimate of drug-likeness (QED) is 0.416. The Morgan fingerprint density at radius 3 is 2.67 bits per heavy atom. The molecule has 6 nitrogen and oxygen atoms in total. The Hall–Kier alpha value is -3.03. The number of benzene rings is 2. The van der Waals surface area contributed by atoms with E-state index < -0.39 is 6.04 Å². The number of carbonyl (C=O) groups is 2. The zero-order chi connectivity index (χ0) is 23.4. The number of nitrogens with two attached hydrogens (primary N) is 1. The van der Waals surface area contributed by atoms with Gasteiger partial charge in [-0.2, -0.15) is 0 Å². The van der Waals surface area contributed by atoms with Crippen LogP contribution in [0.3, 0.4) is 0 Å². The number of hydrogen-bond donors (Lipinski definition) is 1. The molecule has 1 saturated heterocycles. The molecular weight excluding hydrogens is 434 g/mol. The maximum Gasteiger partial charge on any atom is 0.310 e. The van der Waals surface area contributed by atoms with Gasteiger partial charge in [-0.3, -0.25) is 9.59 Å². The average molecular weight is 464 g/mol. The lowest BCUT2D eigenvalue weighted by atomic mass is 9.87. The second-order valence-electron chi connectivity index (χ2n) is 8.42. The van der Waals surface area contributed by atoms with Crippen molar-refractivity contribution < 1.29 is 14.3 Å². The Balaban J connectivity index is 1.51. The van der Waals surface area contributed by atoms with E-state index in [0.717, 1.165) is 46.9 Å². The van der Waals surface area contributed by atoms with Gasteiger partial charge in [0, 0.05) is 24.3 Å². The number of piperidine rings is 1. The number of aromatic nitrogens is 1. The number of ether oxygens (including phenoxy) is 1. The van der Waals surface area contributed by atoms with Gasteiger partial charge in [0.05, 0.1) is 30.1 Å². The van der Waals surface area contributed by atoms with Gasteiger partial charge in [0.25, 0.3) is 0 Å². The maximum absolute atomic E-state index is 13.4. The number of nitrogens with zero attached hydrogens (tertiary/aromatic N) is 2. The van der Waals surface area contributed by atoms with Crippen molar-refractivity contribution >= 4 is 28.8 Å². The first kappa shape index (κ1) is 23.1. The highest BCUT2D eigenvalue weighted by Gasteiger charge is 2.32. The van der Waals surface area contributed by atoms with E-state index in [1.54, 1.807) is 0 Å². The minimum absolute atomic E-state index is 0.0270. The van der Waals surface area contributed by atoms with E-state index in [1.165, 1.54) is 18.4 Å². The lowest BCUT2D eigenvalue weighted by Crippen LogP contribution is -2.47. The lowest BCUT2D eigenvalue weighted by molar-refractivity contribution is -0.139. The highest BCUT2D eigenvalue weighted by atomic mass is 32.1. The molecule has 172 valence electrons. The number of rotatable bonds is 7. The third-order valence-electron chi connectivity index (χ3n) is 6.20. The Labute approximate surface area is 198 Å². The molecule has 1 aliphatic rings. The number of esters is 1. The largest absolute Gasteiger partial charge is 0.469 e.